The van der Waals surface area contributed by atoms with Crippen molar-refractivity contribution in [3.05, 3.63) is 297 Å². The summed E-state index contributed by atoms with van der Waals surface area (Å²) in [5.41, 5.74) is 30.5. The summed E-state index contributed by atoms with van der Waals surface area (Å²) in [6.45, 7) is 14.5. The lowest BCUT2D eigenvalue weighted by Crippen LogP contribution is -2.28. The summed E-state index contributed by atoms with van der Waals surface area (Å²) in [5, 5.41) is 0. The smallest absolute Gasteiger partial charge is 0.0622 e. The summed E-state index contributed by atoms with van der Waals surface area (Å²) in [6.07, 6.45) is 0.871. The molecule has 346 valence electrons. The van der Waals surface area contributed by atoms with Crippen molar-refractivity contribution in [1.29, 1.82) is 0 Å². The van der Waals surface area contributed by atoms with Crippen LogP contribution >= 0.6 is 0 Å². The van der Waals surface area contributed by atoms with Gasteiger partial charge < -0.3 is 0 Å². The summed E-state index contributed by atoms with van der Waals surface area (Å²) in [4.78, 5) is 0. The van der Waals surface area contributed by atoms with Gasteiger partial charge in [-0.2, -0.15) is 0 Å². The quantitative estimate of drug-likeness (QED) is 0.149. The van der Waals surface area contributed by atoms with Gasteiger partial charge in [0.1, 0.15) is 0 Å². The molecule has 1 unspecified atom stereocenters. The molecule has 0 spiro atoms. The molecule has 4 aliphatic rings. The fourth-order valence-electron chi connectivity index (χ4n) is 14.3. The lowest BCUT2D eigenvalue weighted by molar-refractivity contribution is 0.651. The minimum absolute atomic E-state index is 0.0640. The van der Waals surface area contributed by atoms with Crippen LogP contribution in [0.2, 0.25) is 0 Å². The zero-order valence-corrected chi connectivity index (χ0v) is 42.1. The van der Waals surface area contributed by atoms with E-state index in [0.29, 0.717) is 0 Å². The van der Waals surface area contributed by atoms with E-state index in [0.717, 1.165) is 6.42 Å². The third kappa shape index (κ3) is 5.87. The zero-order valence-electron chi connectivity index (χ0n) is 42.1. The van der Waals surface area contributed by atoms with Gasteiger partial charge in [-0.1, -0.05) is 254 Å². The van der Waals surface area contributed by atoms with Crippen molar-refractivity contribution in [3.63, 3.8) is 0 Å². The van der Waals surface area contributed by atoms with E-state index in [1.165, 1.54) is 128 Å². The molecule has 0 fully saturated rings. The predicted octanol–water partition coefficient (Wildman–Crippen LogP) is 18.0. The van der Waals surface area contributed by atoms with Crippen LogP contribution in [0, 0.1) is 0 Å². The second kappa shape index (κ2) is 15.4. The minimum Gasteiger partial charge on any atom is -0.0622 e. The third-order valence-corrected chi connectivity index (χ3v) is 18.0. The number of benzene rings is 10. The van der Waals surface area contributed by atoms with Crippen LogP contribution in [-0.4, -0.2) is 0 Å². The van der Waals surface area contributed by atoms with Crippen LogP contribution < -0.4 is 0 Å². The van der Waals surface area contributed by atoms with Gasteiger partial charge in [-0.15, -0.1) is 0 Å². The molecule has 0 saturated heterocycles. The van der Waals surface area contributed by atoms with Gasteiger partial charge in [-0.25, -0.2) is 0 Å². The zero-order chi connectivity index (χ0) is 48.7. The lowest BCUT2D eigenvalue weighted by atomic mass is 9.67. The van der Waals surface area contributed by atoms with Gasteiger partial charge in [-0.05, 0) is 147 Å². The average molecular weight is 923 g/mol. The maximum Gasteiger partial charge on any atom is 0.0713 e. The van der Waals surface area contributed by atoms with Crippen molar-refractivity contribution in [2.24, 2.45) is 0 Å². The van der Waals surface area contributed by atoms with Gasteiger partial charge >= 0.3 is 0 Å². The summed E-state index contributed by atoms with van der Waals surface area (Å²) >= 11 is 0. The third-order valence-electron chi connectivity index (χ3n) is 18.0. The second-order valence-corrected chi connectivity index (χ2v) is 22.7. The molecule has 72 heavy (non-hydrogen) atoms. The molecule has 10 aromatic carbocycles. The van der Waals surface area contributed by atoms with Gasteiger partial charge in [-0.3, -0.25) is 0 Å². The molecule has 0 heteroatoms. The van der Waals surface area contributed by atoms with E-state index in [4.69, 9.17) is 0 Å². The first-order chi connectivity index (χ1) is 35.0. The van der Waals surface area contributed by atoms with Gasteiger partial charge in [0.15, 0.2) is 0 Å². The Kier molecular flexibility index (Phi) is 9.17. The highest BCUT2D eigenvalue weighted by Gasteiger charge is 2.47. The normalized spacial score (nSPS) is 16.4. The van der Waals surface area contributed by atoms with Crippen molar-refractivity contribution >= 4 is 0 Å². The first-order valence-electron chi connectivity index (χ1n) is 26.1. The summed E-state index contributed by atoms with van der Waals surface area (Å²) < 4.78 is 0. The molecule has 14 rings (SSSR count). The molecule has 0 radical (unpaired) electrons. The number of hydrogen-bond acceptors (Lipinski definition) is 0. The maximum atomic E-state index is 2.60. The van der Waals surface area contributed by atoms with Crippen molar-refractivity contribution < 1.29 is 0 Å². The van der Waals surface area contributed by atoms with Gasteiger partial charge in [0.2, 0.25) is 0 Å². The van der Waals surface area contributed by atoms with E-state index in [1.54, 1.807) is 0 Å². The summed E-state index contributed by atoms with van der Waals surface area (Å²) in [5.74, 6) is 0.0897. The number of fused-ring (bicyclic) bond motifs is 12. The van der Waals surface area contributed by atoms with Gasteiger partial charge in [0, 0.05) is 22.2 Å². The molecular formula is C72H58. The van der Waals surface area contributed by atoms with E-state index in [2.05, 4.69) is 266 Å². The Morgan fingerprint density at radius 3 is 1.47 bits per heavy atom. The molecule has 0 heterocycles. The fourth-order valence-corrected chi connectivity index (χ4v) is 14.3. The molecule has 0 nitrogen and oxygen atoms in total. The van der Waals surface area contributed by atoms with Crippen molar-refractivity contribution in [2.45, 2.75) is 75.5 Å². The van der Waals surface area contributed by atoms with Gasteiger partial charge in [0.05, 0.1) is 5.41 Å². The van der Waals surface area contributed by atoms with Gasteiger partial charge in [0.25, 0.3) is 0 Å². The Labute approximate surface area is 425 Å². The topological polar surface area (TPSA) is 0 Å². The van der Waals surface area contributed by atoms with Crippen LogP contribution in [0.5, 0.6) is 0 Å². The largest absolute Gasteiger partial charge is 0.0713 e. The summed E-state index contributed by atoms with van der Waals surface area (Å²) in [7, 11) is 0. The molecule has 4 aliphatic carbocycles. The van der Waals surface area contributed by atoms with E-state index in [9.17, 15) is 0 Å². The molecule has 0 saturated carbocycles. The van der Waals surface area contributed by atoms with Crippen LogP contribution in [0.3, 0.4) is 0 Å². The Hall–Kier alpha value is -7.80. The van der Waals surface area contributed by atoms with Crippen LogP contribution in [0.1, 0.15) is 120 Å². The van der Waals surface area contributed by atoms with Crippen LogP contribution in [0.15, 0.2) is 224 Å². The first-order valence-corrected chi connectivity index (χ1v) is 26.1. The lowest BCUT2D eigenvalue weighted by Gasteiger charge is -2.34. The Bertz CT molecular complexity index is 3800. The molecule has 0 amide bonds. The number of rotatable bonds is 7. The molecule has 0 N–H and O–H groups in total. The van der Waals surface area contributed by atoms with Crippen LogP contribution in [0.25, 0.3) is 55.6 Å². The molecule has 10 aromatic rings. The van der Waals surface area contributed by atoms with Crippen molar-refractivity contribution in [3.8, 4) is 55.6 Å². The molecule has 0 aromatic heterocycles. The molecule has 0 aliphatic heterocycles. The van der Waals surface area contributed by atoms with Crippen molar-refractivity contribution in [1.82, 2.24) is 0 Å². The van der Waals surface area contributed by atoms with E-state index in [1.807, 2.05) is 0 Å². The van der Waals surface area contributed by atoms with Crippen LogP contribution in [0.4, 0.5) is 0 Å². The standard InChI is InChI=1S/C72H58/c1-69(2)60-30-18-16-28-53(60)57-41-47(35-38-61(57)69)56(48-34-37-54-52-27-17-19-31-62(52)72(67(54)42-48,49-23-12-8-13-24-49)50-25-14-9-15-26-50)39-45-33-36-55-58-43-66-59(44-65(58)71(5,6)64(55)40-45)68-51(46-21-10-7-11-22-46)29-20-32-63(68)70(66,3)4/h7-38,40-44,56H,39H2,1-6H3. The monoisotopic (exact) mass is 922 g/mol. The highest BCUT2D eigenvalue weighted by Crippen LogP contribution is 2.60. The predicted molar refractivity (Wildman–Crippen MR) is 300 cm³/mol. The van der Waals surface area contributed by atoms with Crippen molar-refractivity contribution in [2.75, 3.05) is 0 Å². The van der Waals surface area contributed by atoms with E-state index in [-0.39, 0.29) is 22.2 Å². The number of hydrogen-bond donors (Lipinski definition) is 0. The molecule has 1 atom stereocenters. The fraction of sp³-hybridized carbons (Fsp3) is 0.167. The van der Waals surface area contributed by atoms with Crippen LogP contribution in [-0.2, 0) is 28.1 Å². The SMILES string of the molecule is CC1(C)c2ccccc2-c2cc(C(Cc3ccc4c(c3)C(C)(C)c3cc5c(cc3-4)C(C)(C)c3cccc(-c4ccccc4)c3-5)c3ccc4c(c3)C(c3ccccc3)(c3ccccc3)c3ccccc3-4)ccc21. The average Bonchev–Trinajstić information content (AvgIpc) is 4.01. The first kappa shape index (κ1) is 43.0. The minimum atomic E-state index is -0.476. The molecular weight excluding hydrogens is 865 g/mol. The highest BCUT2D eigenvalue weighted by atomic mass is 14.5. The second-order valence-electron chi connectivity index (χ2n) is 22.7. The maximum absolute atomic E-state index is 2.60. The van der Waals surface area contributed by atoms with E-state index < -0.39 is 5.41 Å². The highest BCUT2D eigenvalue weighted by molar-refractivity contribution is 5.96. The Morgan fingerprint density at radius 1 is 0.292 bits per heavy atom. The molecule has 0 bridgehead atoms. The van der Waals surface area contributed by atoms with E-state index >= 15 is 0 Å². The Morgan fingerprint density at radius 2 is 0.750 bits per heavy atom. The Balaban J connectivity index is 0.933. The summed E-state index contributed by atoms with van der Waals surface area (Å²) in [6, 6.07) is 86.2.